The molecule has 0 aliphatic carbocycles. The molecule has 0 aliphatic rings. The first-order valence-electron chi connectivity index (χ1n) is 9.20. The van der Waals surface area contributed by atoms with E-state index in [1.54, 1.807) is 24.3 Å². The van der Waals surface area contributed by atoms with E-state index in [4.69, 9.17) is 4.74 Å². The average Bonchev–Trinajstić information content (AvgIpc) is 2.67. The van der Waals surface area contributed by atoms with Crippen molar-refractivity contribution >= 4 is 27.8 Å². The summed E-state index contributed by atoms with van der Waals surface area (Å²) in [6, 6.07) is 13.3. The first-order chi connectivity index (χ1) is 13.6. The zero-order chi connectivity index (χ0) is 21.6. The molecule has 156 valence electrons. The maximum Gasteiger partial charge on any atom is 0.263 e. The molecule has 1 N–H and O–H groups in total. The lowest BCUT2D eigenvalue weighted by atomic mass is 10.0. The Morgan fingerprint density at radius 2 is 1.66 bits per heavy atom. The number of hydrogen-bond acceptors (Lipinski definition) is 5. The first-order valence-corrected chi connectivity index (χ1v) is 11.0. The molecule has 0 radical (unpaired) electrons. The van der Waals surface area contributed by atoms with Gasteiger partial charge in [0.05, 0.1) is 25.3 Å². The summed E-state index contributed by atoms with van der Waals surface area (Å²) in [6.45, 7) is 5.73. The maximum atomic E-state index is 12.5. The number of carbonyl (C=O) groups excluding carboxylic acids is 1. The third-order valence-electron chi connectivity index (χ3n) is 4.41. The number of carbonyl (C=O) groups is 1. The van der Waals surface area contributed by atoms with Gasteiger partial charge in [0, 0.05) is 0 Å². The van der Waals surface area contributed by atoms with E-state index in [0.717, 1.165) is 16.1 Å². The molecular formula is C21H27N3O4S. The SMILES string of the molecule is COc1ccc(N(C(C)C(=O)N/N=C/c2ccc(C(C)C)cc2)S(C)(=O)=O)cc1. The normalized spacial score (nSPS) is 12.8. The number of amides is 1. The lowest BCUT2D eigenvalue weighted by molar-refractivity contribution is -0.121. The topological polar surface area (TPSA) is 88.1 Å². The Labute approximate surface area is 172 Å². The number of nitrogens with one attached hydrogen (secondary N) is 1. The molecule has 1 amide bonds. The van der Waals surface area contributed by atoms with E-state index in [2.05, 4.69) is 24.4 Å². The van der Waals surface area contributed by atoms with Crippen LogP contribution in [-0.2, 0) is 14.8 Å². The van der Waals surface area contributed by atoms with Crippen LogP contribution in [0.3, 0.4) is 0 Å². The lowest BCUT2D eigenvalue weighted by Gasteiger charge is -2.27. The number of ether oxygens (including phenoxy) is 1. The number of methoxy groups -OCH3 is 1. The quantitative estimate of drug-likeness (QED) is 0.528. The largest absolute Gasteiger partial charge is 0.497 e. The molecule has 1 atom stereocenters. The number of hydrogen-bond donors (Lipinski definition) is 1. The van der Waals surface area contributed by atoms with Crippen LogP contribution < -0.4 is 14.5 Å². The van der Waals surface area contributed by atoms with Gasteiger partial charge in [0.25, 0.3) is 5.91 Å². The summed E-state index contributed by atoms with van der Waals surface area (Å²) in [6.07, 6.45) is 2.58. The van der Waals surface area contributed by atoms with Gasteiger partial charge in [-0.25, -0.2) is 13.8 Å². The summed E-state index contributed by atoms with van der Waals surface area (Å²) in [7, 11) is -2.17. The molecule has 29 heavy (non-hydrogen) atoms. The Hall–Kier alpha value is -2.87. The summed E-state index contributed by atoms with van der Waals surface area (Å²) in [5.41, 5.74) is 4.82. The Balaban J connectivity index is 2.12. The van der Waals surface area contributed by atoms with Crippen LogP contribution in [0.2, 0.25) is 0 Å². The second kappa shape index (κ2) is 9.56. The Kier molecular flexibility index (Phi) is 7.39. The van der Waals surface area contributed by atoms with Crippen molar-refractivity contribution in [2.75, 3.05) is 17.7 Å². The van der Waals surface area contributed by atoms with E-state index in [-0.39, 0.29) is 0 Å². The van der Waals surface area contributed by atoms with Crippen molar-refractivity contribution in [2.24, 2.45) is 5.10 Å². The van der Waals surface area contributed by atoms with Gasteiger partial charge in [-0.05, 0) is 48.2 Å². The standard InChI is InChI=1S/C21H27N3O4S/c1-15(2)18-8-6-17(7-9-18)14-22-23-21(25)16(3)24(29(5,26)27)19-10-12-20(28-4)13-11-19/h6-16H,1-5H3,(H,23,25)/b22-14+. The van der Waals surface area contributed by atoms with Gasteiger partial charge < -0.3 is 4.74 Å². The van der Waals surface area contributed by atoms with Gasteiger partial charge in [-0.15, -0.1) is 0 Å². The van der Waals surface area contributed by atoms with E-state index < -0.39 is 22.0 Å². The zero-order valence-electron chi connectivity index (χ0n) is 17.3. The van der Waals surface area contributed by atoms with Gasteiger partial charge in [-0.3, -0.25) is 9.10 Å². The van der Waals surface area contributed by atoms with Crippen molar-refractivity contribution in [1.82, 2.24) is 5.43 Å². The fourth-order valence-corrected chi connectivity index (χ4v) is 3.94. The van der Waals surface area contributed by atoms with E-state index >= 15 is 0 Å². The third kappa shape index (κ3) is 6.05. The minimum atomic E-state index is -3.69. The van der Waals surface area contributed by atoms with Crippen molar-refractivity contribution < 1.29 is 17.9 Å². The molecule has 7 nitrogen and oxygen atoms in total. The van der Waals surface area contributed by atoms with Crippen molar-refractivity contribution in [2.45, 2.75) is 32.7 Å². The van der Waals surface area contributed by atoms with Crippen LogP contribution in [0.4, 0.5) is 5.69 Å². The molecule has 0 spiro atoms. The van der Waals surface area contributed by atoms with Crippen LogP contribution in [0.25, 0.3) is 0 Å². The highest BCUT2D eigenvalue weighted by molar-refractivity contribution is 7.92. The van der Waals surface area contributed by atoms with Crippen LogP contribution in [0.5, 0.6) is 5.75 Å². The second-order valence-electron chi connectivity index (χ2n) is 6.99. The monoisotopic (exact) mass is 417 g/mol. The van der Waals surface area contributed by atoms with Gasteiger partial charge >= 0.3 is 0 Å². The fourth-order valence-electron chi connectivity index (χ4n) is 2.77. The molecule has 0 saturated carbocycles. The minimum absolute atomic E-state index is 0.365. The van der Waals surface area contributed by atoms with E-state index in [0.29, 0.717) is 17.4 Å². The summed E-state index contributed by atoms with van der Waals surface area (Å²) < 4.78 is 30.7. The van der Waals surface area contributed by atoms with Crippen LogP contribution in [0, 0.1) is 0 Å². The van der Waals surface area contributed by atoms with E-state index in [1.165, 1.54) is 25.8 Å². The Morgan fingerprint density at radius 3 is 2.14 bits per heavy atom. The Morgan fingerprint density at radius 1 is 1.07 bits per heavy atom. The molecule has 2 rings (SSSR count). The molecule has 0 bridgehead atoms. The zero-order valence-corrected chi connectivity index (χ0v) is 18.1. The van der Waals surface area contributed by atoms with Crippen LogP contribution in [0.1, 0.15) is 37.8 Å². The van der Waals surface area contributed by atoms with Crippen LogP contribution >= 0.6 is 0 Å². The number of hydrazone groups is 1. The first kappa shape index (κ1) is 22.4. The smallest absolute Gasteiger partial charge is 0.263 e. The average molecular weight is 418 g/mol. The van der Waals surface area contributed by atoms with Gasteiger partial charge in [-0.1, -0.05) is 38.1 Å². The molecule has 0 aliphatic heterocycles. The molecule has 0 saturated heterocycles. The maximum absolute atomic E-state index is 12.5. The Bertz CT molecular complexity index is 952. The number of rotatable bonds is 8. The van der Waals surface area contributed by atoms with Crippen molar-refractivity contribution in [3.8, 4) is 5.75 Å². The number of anilines is 1. The highest BCUT2D eigenvalue weighted by Crippen LogP contribution is 2.23. The van der Waals surface area contributed by atoms with Crippen molar-refractivity contribution in [3.63, 3.8) is 0 Å². The molecular weight excluding hydrogens is 390 g/mol. The summed E-state index contributed by atoms with van der Waals surface area (Å²) in [5.74, 6) is 0.482. The van der Waals surface area contributed by atoms with Crippen molar-refractivity contribution in [1.29, 1.82) is 0 Å². The van der Waals surface area contributed by atoms with Crippen LogP contribution in [0.15, 0.2) is 53.6 Å². The molecule has 1 unspecified atom stereocenters. The van der Waals surface area contributed by atoms with E-state index in [9.17, 15) is 13.2 Å². The predicted molar refractivity (Wildman–Crippen MR) is 116 cm³/mol. The summed E-state index contributed by atoms with van der Waals surface area (Å²) in [5, 5.41) is 3.96. The fraction of sp³-hybridized carbons (Fsp3) is 0.333. The minimum Gasteiger partial charge on any atom is -0.497 e. The summed E-state index contributed by atoms with van der Waals surface area (Å²) >= 11 is 0. The van der Waals surface area contributed by atoms with E-state index in [1.807, 2.05) is 24.3 Å². The lowest BCUT2D eigenvalue weighted by Crippen LogP contribution is -2.46. The molecule has 8 heteroatoms. The van der Waals surface area contributed by atoms with Gasteiger partial charge in [-0.2, -0.15) is 5.10 Å². The van der Waals surface area contributed by atoms with Gasteiger partial charge in [0.2, 0.25) is 10.0 Å². The highest BCUT2D eigenvalue weighted by Gasteiger charge is 2.29. The van der Waals surface area contributed by atoms with Crippen molar-refractivity contribution in [3.05, 3.63) is 59.7 Å². The third-order valence-corrected chi connectivity index (χ3v) is 5.65. The van der Waals surface area contributed by atoms with Crippen LogP contribution in [-0.4, -0.2) is 39.9 Å². The van der Waals surface area contributed by atoms with Gasteiger partial charge in [0.15, 0.2) is 0 Å². The molecule has 2 aromatic rings. The number of benzene rings is 2. The number of nitrogens with zero attached hydrogens (tertiary/aromatic N) is 2. The predicted octanol–water partition coefficient (Wildman–Crippen LogP) is 3.12. The molecule has 0 fully saturated rings. The number of sulfonamides is 1. The summed E-state index contributed by atoms with van der Waals surface area (Å²) in [4.78, 5) is 12.5. The highest BCUT2D eigenvalue weighted by atomic mass is 32.2. The molecule has 0 heterocycles. The molecule has 0 aromatic heterocycles. The second-order valence-corrected chi connectivity index (χ2v) is 8.85. The van der Waals surface area contributed by atoms with Gasteiger partial charge in [0.1, 0.15) is 11.8 Å². The molecule has 2 aromatic carbocycles.